The highest BCUT2D eigenvalue weighted by atomic mass is 127. The van der Waals surface area contributed by atoms with Crippen LogP contribution in [0.1, 0.15) is 29.5 Å². The first-order valence-electron chi connectivity index (χ1n) is 9.06. The SMILES string of the molecule is Cc1ccc2c(Nc3cc(CN4CCCC4)cc(C(F)(F)F)c3)noc2c1I. The highest BCUT2D eigenvalue weighted by molar-refractivity contribution is 14.1. The zero-order valence-electron chi connectivity index (χ0n) is 15.2. The Balaban J connectivity index is 1.69. The van der Waals surface area contributed by atoms with Gasteiger partial charge in [-0.2, -0.15) is 13.2 Å². The first-order valence-corrected chi connectivity index (χ1v) is 10.1. The summed E-state index contributed by atoms with van der Waals surface area (Å²) in [7, 11) is 0. The van der Waals surface area contributed by atoms with Crippen LogP contribution in [0, 0.1) is 10.5 Å². The lowest BCUT2D eigenvalue weighted by molar-refractivity contribution is -0.137. The Hall–Kier alpha value is -1.81. The summed E-state index contributed by atoms with van der Waals surface area (Å²) in [5.74, 6) is 0.416. The molecule has 4 nitrogen and oxygen atoms in total. The van der Waals surface area contributed by atoms with Crippen LogP contribution in [-0.2, 0) is 12.7 Å². The van der Waals surface area contributed by atoms with Gasteiger partial charge in [-0.3, -0.25) is 4.90 Å². The molecule has 4 rings (SSSR count). The molecule has 2 heterocycles. The van der Waals surface area contributed by atoms with Crippen molar-refractivity contribution in [3.05, 3.63) is 50.6 Å². The minimum absolute atomic E-state index is 0.356. The van der Waals surface area contributed by atoms with E-state index >= 15 is 0 Å². The normalized spacial score (nSPS) is 15.5. The second-order valence-electron chi connectivity index (χ2n) is 7.13. The molecule has 0 bridgehead atoms. The van der Waals surface area contributed by atoms with Gasteiger partial charge < -0.3 is 9.84 Å². The molecular formula is C20H19F3IN3O. The second-order valence-corrected chi connectivity index (χ2v) is 8.21. The van der Waals surface area contributed by atoms with Crippen molar-refractivity contribution in [2.75, 3.05) is 18.4 Å². The standard InChI is InChI=1S/C20H19F3IN3O/c1-12-4-5-16-18(17(12)24)28-26-19(16)25-15-9-13(11-27-6-2-3-7-27)8-14(10-15)20(21,22)23/h4-5,8-10H,2-3,6-7,11H2,1H3,(H,25,26). The monoisotopic (exact) mass is 501 g/mol. The molecule has 1 aliphatic heterocycles. The number of likely N-dealkylation sites (tertiary alicyclic amines) is 1. The Labute approximate surface area is 174 Å². The molecule has 0 atom stereocenters. The van der Waals surface area contributed by atoms with Gasteiger partial charge in [0.2, 0.25) is 0 Å². The molecule has 1 aliphatic rings. The minimum atomic E-state index is -4.41. The van der Waals surface area contributed by atoms with E-state index in [2.05, 4.69) is 38.0 Å². The third-order valence-corrected chi connectivity index (χ3v) is 6.30. The smallest absolute Gasteiger partial charge is 0.353 e. The van der Waals surface area contributed by atoms with Crippen LogP contribution in [0.25, 0.3) is 11.0 Å². The molecular weight excluding hydrogens is 482 g/mol. The van der Waals surface area contributed by atoms with E-state index in [4.69, 9.17) is 4.52 Å². The van der Waals surface area contributed by atoms with Crippen LogP contribution in [-0.4, -0.2) is 23.1 Å². The average molecular weight is 501 g/mol. The summed E-state index contributed by atoms with van der Waals surface area (Å²) in [6.45, 7) is 4.32. The van der Waals surface area contributed by atoms with Crippen molar-refractivity contribution in [1.29, 1.82) is 0 Å². The number of hydrogen-bond donors (Lipinski definition) is 1. The Kier molecular flexibility index (Phi) is 5.26. The van der Waals surface area contributed by atoms with E-state index < -0.39 is 11.7 Å². The van der Waals surface area contributed by atoms with Crippen LogP contribution in [0.2, 0.25) is 0 Å². The van der Waals surface area contributed by atoms with Crippen LogP contribution >= 0.6 is 22.6 Å². The van der Waals surface area contributed by atoms with Crippen LogP contribution < -0.4 is 5.32 Å². The first-order chi connectivity index (χ1) is 13.3. The third kappa shape index (κ3) is 3.98. The van der Waals surface area contributed by atoms with Gasteiger partial charge in [-0.05, 0) is 90.8 Å². The van der Waals surface area contributed by atoms with E-state index in [-0.39, 0.29) is 0 Å². The number of fused-ring (bicyclic) bond motifs is 1. The van der Waals surface area contributed by atoms with Gasteiger partial charge in [0.05, 0.1) is 14.5 Å². The molecule has 1 aromatic heterocycles. The lowest BCUT2D eigenvalue weighted by Crippen LogP contribution is -2.19. The molecule has 0 amide bonds. The quantitative estimate of drug-likeness (QED) is 0.439. The number of halogens is 4. The molecule has 148 valence electrons. The van der Waals surface area contributed by atoms with Gasteiger partial charge in [-0.1, -0.05) is 11.2 Å². The summed E-state index contributed by atoms with van der Waals surface area (Å²) in [4.78, 5) is 2.18. The van der Waals surface area contributed by atoms with Crippen LogP contribution in [0.4, 0.5) is 24.7 Å². The summed E-state index contributed by atoms with van der Waals surface area (Å²) < 4.78 is 46.6. The Morgan fingerprint density at radius 1 is 1.18 bits per heavy atom. The second kappa shape index (κ2) is 7.55. The lowest BCUT2D eigenvalue weighted by atomic mass is 10.1. The molecule has 0 saturated carbocycles. The number of benzene rings is 2. The van der Waals surface area contributed by atoms with Crippen molar-refractivity contribution in [3.63, 3.8) is 0 Å². The van der Waals surface area contributed by atoms with Gasteiger partial charge in [0.15, 0.2) is 11.4 Å². The van der Waals surface area contributed by atoms with Gasteiger partial charge in [0.25, 0.3) is 0 Å². The number of nitrogens with one attached hydrogen (secondary N) is 1. The highest BCUT2D eigenvalue weighted by Crippen LogP contribution is 2.35. The number of aromatic nitrogens is 1. The number of alkyl halides is 3. The maximum Gasteiger partial charge on any atom is 0.416 e. The average Bonchev–Trinajstić information content (AvgIpc) is 3.28. The van der Waals surface area contributed by atoms with Gasteiger partial charge in [0, 0.05) is 12.2 Å². The van der Waals surface area contributed by atoms with Crippen molar-refractivity contribution >= 4 is 45.1 Å². The van der Waals surface area contributed by atoms with Crippen molar-refractivity contribution < 1.29 is 17.7 Å². The third-order valence-electron chi connectivity index (χ3n) is 4.96. The molecule has 3 aromatic rings. The zero-order valence-corrected chi connectivity index (χ0v) is 17.4. The van der Waals surface area contributed by atoms with Crippen molar-refractivity contribution in [2.24, 2.45) is 0 Å². The molecule has 1 N–H and O–H groups in total. The molecule has 8 heteroatoms. The summed E-state index contributed by atoms with van der Waals surface area (Å²) >= 11 is 2.18. The number of aryl methyl sites for hydroxylation is 1. The van der Waals surface area contributed by atoms with Gasteiger partial charge in [0.1, 0.15) is 0 Å². The van der Waals surface area contributed by atoms with Crippen molar-refractivity contribution in [2.45, 2.75) is 32.5 Å². The van der Waals surface area contributed by atoms with E-state index in [1.807, 2.05) is 19.1 Å². The van der Waals surface area contributed by atoms with Crippen molar-refractivity contribution in [1.82, 2.24) is 10.1 Å². The van der Waals surface area contributed by atoms with E-state index in [0.717, 1.165) is 46.5 Å². The van der Waals surface area contributed by atoms with Crippen LogP contribution in [0.15, 0.2) is 34.9 Å². The Morgan fingerprint density at radius 2 is 1.93 bits per heavy atom. The minimum Gasteiger partial charge on any atom is -0.353 e. The number of rotatable bonds is 4. The highest BCUT2D eigenvalue weighted by Gasteiger charge is 2.31. The predicted octanol–water partition coefficient (Wildman–Crippen LogP) is 6.10. The maximum atomic E-state index is 13.4. The summed E-state index contributed by atoms with van der Waals surface area (Å²) in [5.41, 5.74) is 2.02. The summed E-state index contributed by atoms with van der Waals surface area (Å²) in [6, 6.07) is 7.92. The Morgan fingerprint density at radius 3 is 2.64 bits per heavy atom. The number of hydrogen-bond acceptors (Lipinski definition) is 4. The molecule has 0 aliphatic carbocycles. The Bertz CT molecular complexity index is 1010. The largest absolute Gasteiger partial charge is 0.416 e. The maximum absolute atomic E-state index is 13.4. The molecule has 1 fully saturated rings. The molecule has 0 radical (unpaired) electrons. The van der Waals surface area contributed by atoms with Gasteiger partial charge in [-0.15, -0.1) is 0 Å². The summed E-state index contributed by atoms with van der Waals surface area (Å²) in [5, 5.41) is 7.80. The topological polar surface area (TPSA) is 41.3 Å². The fraction of sp³-hybridized carbons (Fsp3) is 0.350. The van der Waals surface area contributed by atoms with E-state index in [1.165, 1.54) is 6.07 Å². The predicted molar refractivity (Wildman–Crippen MR) is 111 cm³/mol. The lowest BCUT2D eigenvalue weighted by Gasteiger charge is -2.17. The fourth-order valence-corrected chi connectivity index (χ4v) is 4.08. The van der Waals surface area contributed by atoms with E-state index in [9.17, 15) is 13.2 Å². The molecule has 1 saturated heterocycles. The van der Waals surface area contributed by atoms with Crippen LogP contribution in [0.3, 0.4) is 0 Å². The fourth-order valence-electron chi connectivity index (χ4n) is 3.52. The van der Waals surface area contributed by atoms with Gasteiger partial charge in [-0.25, -0.2) is 0 Å². The number of nitrogens with zero attached hydrogens (tertiary/aromatic N) is 2. The zero-order chi connectivity index (χ0) is 19.9. The van der Waals surface area contributed by atoms with E-state index in [0.29, 0.717) is 29.2 Å². The molecule has 28 heavy (non-hydrogen) atoms. The molecule has 2 aromatic carbocycles. The number of anilines is 2. The van der Waals surface area contributed by atoms with Crippen molar-refractivity contribution in [3.8, 4) is 0 Å². The van der Waals surface area contributed by atoms with E-state index in [1.54, 1.807) is 6.07 Å². The molecule has 0 unspecified atom stereocenters. The van der Waals surface area contributed by atoms with Crippen LogP contribution in [0.5, 0.6) is 0 Å². The van der Waals surface area contributed by atoms with Gasteiger partial charge >= 0.3 is 6.18 Å². The first kappa shape index (κ1) is 19.5. The molecule has 0 spiro atoms. The summed E-state index contributed by atoms with van der Waals surface area (Å²) in [6.07, 6.45) is -2.23.